The number of likely N-dealkylation sites (tertiary alicyclic amines) is 2. The van der Waals surface area contributed by atoms with Crippen molar-refractivity contribution in [3.63, 3.8) is 0 Å². The van der Waals surface area contributed by atoms with Crippen LogP contribution in [0.5, 0.6) is 0 Å². The molecule has 1 amide bonds. The van der Waals surface area contributed by atoms with E-state index in [2.05, 4.69) is 30.4 Å². The topological polar surface area (TPSA) is 73.4 Å². The second-order valence-electron chi connectivity index (χ2n) is 9.50. The number of carbonyl (C=O) groups is 1. The minimum atomic E-state index is -4.32. The third-order valence-electron chi connectivity index (χ3n) is 6.95. The standard InChI is InChI=1S/C23H29F3N6O/c24-23(25,26)14-27-21-4-3-18-19(30-21)1-2-20(29-18)22(33)28-17-5-7-31(8-6-17)9-10-32-12-15-11-16(15)13-32/h1-4,15-17H,5-14H2,(H,27,30)(H,28,33). The number of halogens is 3. The first-order valence-corrected chi connectivity index (χ1v) is 11.7. The van der Waals surface area contributed by atoms with Crippen LogP contribution in [0.25, 0.3) is 11.0 Å². The molecule has 10 heteroatoms. The molecule has 3 fully saturated rings. The first-order valence-electron chi connectivity index (χ1n) is 11.7. The van der Waals surface area contributed by atoms with E-state index in [-0.39, 0.29) is 23.5 Å². The maximum absolute atomic E-state index is 12.7. The van der Waals surface area contributed by atoms with Crippen molar-refractivity contribution in [3.8, 4) is 0 Å². The number of fused-ring (bicyclic) bond motifs is 2. The Kier molecular flexibility index (Phi) is 6.13. The lowest BCUT2D eigenvalue weighted by Crippen LogP contribution is -2.46. The van der Waals surface area contributed by atoms with Crippen LogP contribution in [0.2, 0.25) is 0 Å². The number of anilines is 1. The number of nitrogens with zero attached hydrogens (tertiary/aromatic N) is 4. The van der Waals surface area contributed by atoms with Gasteiger partial charge in [-0.2, -0.15) is 13.2 Å². The van der Waals surface area contributed by atoms with E-state index in [4.69, 9.17) is 0 Å². The molecule has 3 aliphatic rings. The van der Waals surface area contributed by atoms with Gasteiger partial charge in [-0.25, -0.2) is 9.97 Å². The van der Waals surface area contributed by atoms with Crippen molar-refractivity contribution >= 4 is 22.8 Å². The molecule has 2 unspecified atom stereocenters. The lowest BCUT2D eigenvalue weighted by molar-refractivity contribution is -0.115. The summed E-state index contributed by atoms with van der Waals surface area (Å²) in [5.74, 6) is 1.83. The zero-order chi connectivity index (χ0) is 23.0. The predicted molar refractivity (Wildman–Crippen MR) is 119 cm³/mol. The van der Waals surface area contributed by atoms with Gasteiger partial charge in [-0.1, -0.05) is 0 Å². The van der Waals surface area contributed by atoms with Gasteiger partial charge < -0.3 is 20.4 Å². The van der Waals surface area contributed by atoms with Gasteiger partial charge in [-0.15, -0.1) is 0 Å². The molecular weight excluding hydrogens is 433 g/mol. The van der Waals surface area contributed by atoms with Crippen LogP contribution in [0, 0.1) is 11.8 Å². The fraction of sp³-hybridized carbons (Fsp3) is 0.609. The molecule has 0 bridgehead atoms. The SMILES string of the molecule is O=C(NC1CCN(CCN2CC3CC3C2)CC1)c1ccc2nc(NCC(F)(F)F)ccc2n1. The average Bonchev–Trinajstić information content (AvgIpc) is 3.41. The Hall–Kier alpha value is -2.46. The van der Waals surface area contributed by atoms with E-state index in [0.29, 0.717) is 11.0 Å². The Bertz CT molecular complexity index is 997. The van der Waals surface area contributed by atoms with Gasteiger partial charge in [0.15, 0.2) is 0 Å². The van der Waals surface area contributed by atoms with E-state index in [9.17, 15) is 18.0 Å². The van der Waals surface area contributed by atoms with Crippen LogP contribution in [0.4, 0.5) is 19.0 Å². The molecule has 5 rings (SSSR count). The molecule has 2 atom stereocenters. The van der Waals surface area contributed by atoms with Crippen LogP contribution in [0.1, 0.15) is 29.8 Å². The predicted octanol–water partition coefficient (Wildman–Crippen LogP) is 2.75. The monoisotopic (exact) mass is 462 g/mol. The molecule has 2 aromatic heterocycles. The lowest BCUT2D eigenvalue weighted by Gasteiger charge is -2.33. The molecule has 7 nitrogen and oxygen atoms in total. The van der Waals surface area contributed by atoms with Gasteiger partial charge in [0, 0.05) is 45.3 Å². The summed E-state index contributed by atoms with van der Waals surface area (Å²) in [6.45, 7) is 5.60. The van der Waals surface area contributed by atoms with E-state index >= 15 is 0 Å². The lowest BCUT2D eigenvalue weighted by atomic mass is 10.0. The van der Waals surface area contributed by atoms with Crippen molar-refractivity contribution in [2.75, 3.05) is 51.1 Å². The largest absolute Gasteiger partial charge is 0.405 e. The smallest absolute Gasteiger partial charge is 0.361 e. The van der Waals surface area contributed by atoms with Gasteiger partial charge in [0.1, 0.15) is 18.1 Å². The molecule has 2 aromatic rings. The summed E-state index contributed by atoms with van der Waals surface area (Å²) in [7, 11) is 0. The molecule has 1 aliphatic carbocycles. The Labute approximate surface area is 190 Å². The minimum Gasteiger partial charge on any atom is -0.361 e. The zero-order valence-electron chi connectivity index (χ0n) is 18.4. The van der Waals surface area contributed by atoms with E-state index in [0.717, 1.165) is 50.9 Å². The molecule has 2 N–H and O–H groups in total. The summed E-state index contributed by atoms with van der Waals surface area (Å²) in [6, 6.07) is 6.30. The third kappa shape index (κ3) is 5.73. The van der Waals surface area contributed by atoms with Crippen LogP contribution in [0.15, 0.2) is 24.3 Å². The number of alkyl halides is 3. The Morgan fingerprint density at radius 2 is 1.64 bits per heavy atom. The van der Waals surface area contributed by atoms with E-state index < -0.39 is 12.7 Å². The maximum atomic E-state index is 12.7. The number of nitrogens with one attached hydrogen (secondary N) is 2. The molecule has 0 aromatic carbocycles. The number of rotatable bonds is 7. The van der Waals surface area contributed by atoms with Crippen molar-refractivity contribution < 1.29 is 18.0 Å². The third-order valence-corrected chi connectivity index (χ3v) is 6.95. The highest BCUT2D eigenvalue weighted by Crippen LogP contribution is 2.44. The van der Waals surface area contributed by atoms with Crippen LogP contribution in [-0.4, -0.2) is 83.7 Å². The summed E-state index contributed by atoms with van der Waals surface area (Å²) in [4.78, 5) is 26.3. The number of hydrogen-bond acceptors (Lipinski definition) is 6. The van der Waals surface area contributed by atoms with E-state index in [1.165, 1.54) is 25.6 Å². The highest BCUT2D eigenvalue weighted by molar-refractivity contribution is 5.94. The Morgan fingerprint density at radius 3 is 2.36 bits per heavy atom. The van der Waals surface area contributed by atoms with Gasteiger partial charge >= 0.3 is 6.18 Å². The summed E-state index contributed by atoms with van der Waals surface area (Å²) in [6.07, 6.45) is -1.05. The first kappa shape index (κ1) is 22.3. The highest BCUT2D eigenvalue weighted by atomic mass is 19.4. The van der Waals surface area contributed by atoms with Crippen LogP contribution in [-0.2, 0) is 0 Å². The van der Waals surface area contributed by atoms with Crippen molar-refractivity contribution in [1.29, 1.82) is 0 Å². The quantitative estimate of drug-likeness (QED) is 0.659. The molecular formula is C23H29F3N6O. The van der Waals surface area contributed by atoms with Gasteiger partial charge in [0.25, 0.3) is 5.91 Å². The highest BCUT2D eigenvalue weighted by Gasteiger charge is 2.44. The summed E-state index contributed by atoms with van der Waals surface area (Å²) in [5, 5.41) is 5.33. The van der Waals surface area contributed by atoms with Gasteiger partial charge in [0.05, 0.1) is 11.0 Å². The number of piperidine rings is 2. The molecule has 33 heavy (non-hydrogen) atoms. The molecule has 2 saturated heterocycles. The molecule has 0 spiro atoms. The molecule has 0 radical (unpaired) electrons. The summed E-state index contributed by atoms with van der Waals surface area (Å²) >= 11 is 0. The maximum Gasteiger partial charge on any atom is 0.405 e. The number of pyridine rings is 2. The van der Waals surface area contributed by atoms with Crippen LogP contribution >= 0.6 is 0 Å². The second kappa shape index (κ2) is 9.06. The molecule has 178 valence electrons. The number of amides is 1. The van der Waals surface area contributed by atoms with Gasteiger partial charge in [-0.05, 0) is 55.4 Å². The fourth-order valence-corrected chi connectivity index (χ4v) is 4.95. The Morgan fingerprint density at radius 1 is 0.970 bits per heavy atom. The summed E-state index contributed by atoms with van der Waals surface area (Å²) in [5.41, 5.74) is 1.19. The van der Waals surface area contributed by atoms with Crippen molar-refractivity contribution in [2.45, 2.75) is 31.5 Å². The zero-order valence-corrected chi connectivity index (χ0v) is 18.4. The molecule has 1 saturated carbocycles. The van der Waals surface area contributed by atoms with Crippen LogP contribution < -0.4 is 10.6 Å². The number of hydrogen-bond donors (Lipinski definition) is 2. The van der Waals surface area contributed by atoms with Crippen molar-refractivity contribution in [1.82, 2.24) is 25.1 Å². The Balaban J connectivity index is 1.09. The normalized spacial score (nSPS) is 24.1. The molecule has 4 heterocycles. The molecule has 2 aliphatic heterocycles. The van der Waals surface area contributed by atoms with E-state index in [1.54, 1.807) is 18.2 Å². The van der Waals surface area contributed by atoms with Gasteiger partial charge in [0.2, 0.25) is 0 Å². The first-order chi connectivity index (χ1) is 15.8. The minimum absolute atomic E-state index is 0.118. The van der Waals surface area contributed by atoms with E-state index in [1.807, 2.05) is 0 Å². The van der Waals surface area contributed by atoms with Crippen molar-refractivity contribution in [2.24, 2.45) is 11.8 Å². The second-order valence-corrected chi connectivity index (χ2v) is 9.50. The van der Waals surface area contributed by atoms with Crippen molar-refractivity contribution in [3.05, 3.63) is 30.0 Å². The average molecular weight is 463 g/mol. The van der Waals surface area contributed by atoms with Crippen LogP contribution in [0.3, 0.4) is 0 Å². The fourth-order valence-electron chi connectivity index (χ4n) is 4.95. The number of carbonyl (C=O) groups excluding carboxylic acids is 1. The summed E-state index contributed by atoms with van der Waals surface area (Å²) < 4.78 is 37.1. The number of aromatic nitrogens is 2. The van der Waals surface area contributed by atoms with Gasteiger partial charge in [-0.3, -0.25) is 4.79 Å².